The summed E-state index contributed by atoms with van der Waals surface area (Å²) in [6.07, 6.45) is 2.12. The summed E-state index contributed by atoms with van der Waals surface area (Å²) in [5, 5.41) is 3.02. The molecule has 0 aromatic heterocycles. The van der Waals surface area contributed by atoms with Crippen LogP contribution in [0.3, 0.4) is 0 Å². The van der Waals surface area contributed by atoms with Crippen molar-refractivity contribution in [3.63, 3.8) is 0 Å². The lowest BCUT2D eigenvalue weighted by Crippen LogP contribution is -2.54. The Balaban J connectivity index is 2.17. The van der Waals surface area contributed by atoms with Crippen molar-refractivity contribution in [1.29, 1.82) is 0 Å². The zero-order valence-corrected chi connectivity index (χ0v) is 21.4. The van der Waals surface area contributed by atoms with Gasteiger partial charge in [-0.25, -0.2) is 0 Å². The van der Waals surface area contributed by atoms with E-state index in [2.05, 4.69) is 28.2 Å². The summed E-state index contributed by atoms with van der Waals surface area (Å²) in [7, 11) is 0. The Kier molecular flexibility index (Phi) is 9.76. The molecule has 0 aliphatic carbocycles. The Bertz CT molecular complexity index is 894. The SMILES string of the molecule is CCc1ccc(OCC(=O)N(CCc2ccccc2)[C@@H](CC)C(=O)NC(C)(C)C)c(Br)c1. The highest BCUT2D eigenvalue weighted by molar-refractivity contribution is 9.10. The Morgan fingerprint density at radius 3 is 2.31 bits per heavy atom. The molecule has 2 aromatic rings. The monoisotopic (exact) mass is 502 g/mol. The van der Waals surface area contributed by atoms with Gasteiger partial charge in [-0.05, 0) is 79.2 Å². The smallest absolute Gasteiger partial charge is 0.261 e. The van der Waals surface area contributed by atoms with Crippen molar-refractivity contribution < 1.29 is 14.3 Å². The van der Waals surface area contributed by atoms with Gasteiger partial charge in [0.15, 0.2) is 6.61 Å². The minimum absolute atomic E-state index is 0.127. The molecule has 2 aromatic carbocycles. The summed E-state index contributed by atoms with van der Waals surface area (Å²) < 4.78 is 6.65. The lowest BCUT2D eigenvalue weighted by molar-refractivity contribution is -0.142. The number of rotatable bonds is 10. The first-order chi connectivity index (χ1) is 15.1. The maximum Gasteiger partial charge on any atom is 0.261 e. The topological polar surface area (TPSA) is 58.6 Å². The fraction of sp³-hybridized carbons (Fsp3) is 0.462. The number of hydrogen-bond donors (Lipinski definition) is 1. The minimum Gasteiger partial charge on any atom is -0.483 e. The third-order valence-electron chi connectivity index (χ3n) is 5.12. The number of benzene rings is 2. The van der Waals surface area contributed by atoms with E-state index in [0.29, 0.717) is 25.1 Å². The van der Waals surface area contributed by atoms with Crippen molar-refractivity contribution in [2.75, 3.05) is 13.2 Å². The molecule has 2 rings (SSSR count). The normalized spacial score (nSPS) is 12.2. The van der Waals surface area contributed by atoms with Crippen LogP contribution in [-0.4, -0.2) is 41.4 Å². The van der Waals surface area contributed by atoms with Crippen LogP contribution >= 0.6 is 15.9 Å². The van der Waals surface area contributed by atoms with Gasteiger partial charge in [-0.3, -0.25) is 9.59 Å². The van der Waals surface area contributed by atoms with Gasteiger partial charge in [0.2, 0.25) is 5.91 Å². The van der Waals surface area contributed by atoms with Crippen molar-refractivity contribution in [2.24, 2.45) is 0 Å². The van der Waals surface area contributed by atoms with E-state index in [1.54, 1.807) is 4.90 Å². The first kappa shape index (κ1) is 25.9. The number of amides is 2. The van der Waals surface area contributed by atoms with Crippen LogP contribution in [-0.2, 0) is 22.4 Å². The molecule has 5 nitrogen and oxygen atoms in total. The molecule has 0 saturated carbocycles. The molecule has 0 heterocycles. The number of ether oxygens (including phenoxy) is 1. The van der Waals surface area contributed by atoms with Crippen LogP contribution in [0.2, 0.25) is 0 Å². The summed E-state index contributed by atoms with van der Waals surface area (Å²) in [5.74, 6) is 0.268. The second kappa shape index (κ2) is 12.0. The molecule has 2 amide bonds. The van der Waals surface area contributed by atoms with Gasteiger partial charge in [-0.1, -0.05) is 50.2 Å². The van der Waals surface area contributed by atoms with Crippen LogP contribution < -0.4 is 10.1 Å². The molecule has 0 bridgehead atoms. The minimum atomic E-state index is -0.556. The van der Waals surface area contributed by atoms with Crippen LogP contribution in [0.5, 0.6) is 5.75 Å². The van der Waals surface area contributed by atoms with Gasteiger partial charge in [-0.2, -0.15) is 0 Å². The van der Waals surface area contributed by atoms with Crippen LogP contribution in [0.1, 0.15) is 52.2 Å². The van der Waals surface area contributed by atoms with Crippen molar-refractivity contribution in [2.45, 2.75) is 65.5 Å². The fourth-order valence-corrected chi connectivity index (χ4v) is 3.99. The number of aryl methyl sites for hydroxylation is 1. The highest BCUT2D eigenvalue weighted by atomic mass is 79.9. The largest absolute Gasteiger partial charge is 0.483 e. The Morgan fingerprint density at radius 2 is 1.75 bits per heavy atom. The van der Waals surface area contributed by atoms with E-state index in [1.165, 1.54) is 5.56 Å². The molecule has 0 aliphatic rings. The second-order valence-corrected chi connectivity index (χ2v) is 9.75. The molecule has 0 saturated heterocycles. The summed E-state index contributed by atoms with van der Waals surface area (Å²) in [4.78, 5) is 27.9. The van der Waals surface area contributed by atoms with Gasteiger partial charge in [0.25, 0.3) is 5.91 Å². The van der Waals surface area contributed by atoms with Gasteiger partial charge in [0.1, 0.15) is 11.8 Å². The molecule has 174 valence electrons. The van der Waals surface area contributed by atoms with Crippen LogP contribution in [0, 0.1) is 0 Å². The predicted octanol–water partition coefficient (Wildman–Crippen LogP) is 5.15. The summed E-state index contributed by atoms with van der Waals surface area (Å²) in [6, 6.07) is 15.3. The molecular weight excluding hydrogens is 468 g/mol. The fourth-order valence-electron chi connectivity index (χ4n) is 3.45. The number of nitrogens with zero attached hydrogens (tertiary/aromatic N) is 1. The van der Waals surface area contributed by atoms with Gasteiger partial charge in [-0.15, -0.1) is 0 Å². The van der Waals surface area contributed by atoms with Crippen LogP contribution in [0.25, 0.3) is 0 Å². The number of hydrogen-bond acceptors (Lipinski definition) is 3. The number of nitrogens with one attached hydrogen (secondary N) is 1. The van der Waals surface area contributed by atoms with E-state index in [4.69, 9.17) is 4.74 Å². The highest BCUT2D eigenvalue weighted by Gasteiger charge is 2.30. The van der Waals surface area contributed by atoms with Crippen molar-refractivity contribution in [1.82, 2.24) is 10.2 Å². The van der Waals surface area contributed by atoms with Crippen molar-refractivity contribution in [3.8, 4) is 5.75 Å². The van der Waals surface area contributed by atoms with Gasteiger partial charge in [0.05, 0.1) is 4.47 Å². The van der Waals surface area contributed by atoms with Gasteiger partial charge >= 0.3 is 0 Å². The summed E-state index contributed by atoms with van der Waals surface area (Å²) >= 11 is 3.52. The molecule has 6 heteroatoms. The lowest BCUT2D eigenvalue weighted by atomic mass is 10.1. The standard InChI is InChI=1S/C26H35BrN2O3/c1-6-19-13-14-23(21(27)17-19)32-18-24(30)29(16-15-20-11-9-8-10-12-20)22(7-2)25(31)28-26(3,4)5/h8-14,17,22H,6-7,15-16,18H2,1-5H3,(H,28,31)/t22-/m0/s1. The summed E-state index contributed by atoms with van der Waals surface area (Å²) in [5.41, 5.74) is 1.93. The van der Waals surface area contributed by atoms with E-state index in [-0.39, 0.29) is 24.0 Å². The first-order valence-corrected chi connectivity index (χ1v) is 12.0. The van der Waals surface area contributed by atoms with E-state index < -0.39 is 6.04 Å². The van der Waals surface area contributed by atoms with Crippen molar-refractivity contribution in [3.05, 3.63) is 64.1 Å². The lowest BCUT2D eigenvalue weighted by Gasteiger charge is -2.33. The van der Waals surface area contributed by atoms with E-state index in [1.807, 2.05) is 76.2 Å². The van der Waals surface area contributed by atoms with E-state index in [9.17, 15) is 9.59 Å². The van der Waals surface area contributed by atoms with E-state index in [0.717, 1.165) is 16.5 Å². The first-order valence-electron chi connectivity index (χ1n) is 11.2. The average molecular weight is 503 g/mol. The number of carbonyl (C=O) groups excluding carboxylic acids is 2. The Labute approximate surface area is 200 Å². The maximum absolute atomic E-state index is 13.2. The highest BCUT2D eigenvalue weighted by Crippen LogP contribution is 2.26. The number of halogens is 1. The Hall–Kier alpha value is -2.34. The molecule has 32 heavy (non-hydrogen) atoms. The van der Waals surface area contributed by atoms with Gasteiger partial charge in [0, 0.05) is 12.1 Å². The third-order valence-corrected chi connectivity index (χ3v) is 5.74. The molecule has 1 atom stereocenters. The second-order valence-electron chi connectivity index (χ2n) is 8.89. The molecule has 0 radical (unpaired) electrons. The van der Waals surface area contributed by atoms with E-state index >= 15 is 0 Å². The summed E-state index contributed by atoms with van der Waals surface area (Å²) in [6.45, 7) is 10.1. The van der Waals surface area contributed by atoms with Crippen LogP contribution in [0.4, 0.5) is 0 Å². The third kappa shape index (κ3) is 7.97. The van der Waals surface area contributed by atoms with Crippen molar-refractivity contribution >= 4 is 27.7 Å². The zero-order valence-electron chi connectivity index (χ0n) is 19.8. The zero-order chi connectivity index (χ0) is 23.7. The quantitative estimate of drug-likeness (QED) is 0.488. The van der Waals surface area contributed by atoms with Gasteiger partial charge < -0.3 is 15.0 Å². The molecule has 1 N–H and O–H groups in total. The molecular formula is C26H35BrN2O3. The molecule has 0 fully saturated rings. The molecule has 0 unspecified atom stereocenters. The average Bonchev–Trinajstić information content (AvgIpc) is 2.74. The predicted molar refractivity (Wildman–Crippen MR) is 133 cm³/mol. The molecule has 0 aliphatic heterocycles. The Morgan fingerprint density at radius 1 is 1.06 bits per heavy atom. The maximum atomic E-state index is 13.2. The van der Waals surface area contributed by atoms with Crippen LogP contribution in [0.15, 0.2) is 53.0 Å². The molecule has 0 spiro atoms. The number of carbonyl (C=O) groups is 2.